The van der Waals surface area contributed by atoms with Crippen LogP contribution >= 0.6 is 22.7 Å². The number of para-hydroxylation sites is 1. The highest BCUT2D eigenvalue weighted by atomic mass is 32.1. The molecule has 8 nitrogen and oxygen atoms in total. The van der Waals surface area contributed by atoms with Crippen molar-refractivity contribution in [1.29, 1.82) is 0 Å². The summed E-state index contributed by atoms with van der Waals surface area (Å²) in [6, 6.07) is 22.9. The Kier molecular flexibility index (Phi) is 7.08. The molecule has 1 amide bonds. The van der Waals surface area contributed by atoms with E-state index in [4.69, 9.17) is 9.15 Å². The van der Waals surface area contributed by atoms with Crippen LogP contribution in [0.3, 0.4) is 0 Å². The molecule has 0 radical (unpaired) electrons. The van der Waals surface area contributed by atoms with Crippen LogP contribution in [-0.4, -0.2) is 23.6 Å². The zero-order valence-corrected chi connectivity index (χ0v) is 23.6. The number of nitrogens with one attached hydrogen (secondary N) is 1. The summed E-state index contributed by atoms with van der Waals surface area (Å²) >= 11 is 2.73. The van der Waals surface area contributed by atoms with Crippen LogP contribution in [0.4, 0.5) is 5.69 Å². The van der Waals surface area contributed by atoms with E-state index >= 15 is 0 Å². The second-order valence-corrected chi connectivity index (χ2v) is 11.2. The lowest BCUT2D eigenvalue weighted by atomic mass is 10.0. The van der Waals surface area contributed by atoms with E-state index in [1.165, 1.54) is 29.8 Å². The van der Waals surface area contributed by atoms with Crippen molar-refractivity contribution in [2.45, 2.75) is 13.0 Å². The second-order valence-electron chi connectivity index (χ2n) is 9.19. The molecule has 41 heavy (non-hydrogen) atoms. The Morgan fingerprint density at radius 1 is 1.02 bits per heavy atom. The van der Waals surface area contributed by atoms with E-state index in [1.807, 2.05) is 47.8 Å². The normalized spacial score (nSPS) is 14.9. The summed E-state index contributed by atoms with van der Waals surface area (Å²) in [6.07, 6.45) is 1.69. The number of furan rings is 1. The van der Waals surface area contributed by atoms with Gasteiger partial charge in [0.15, 0.2) is 4.80 Å². The number of ether oxygens (including phenoxy) is 1. The molecule has 1 N–H and O–H groups in total. The standard InChI is InChI=1S/C31H23N3O5S2/c1-18-26(28(35)33-21-7-4-3-5-8-21)27(24-9-6-16-40-24)34-29(36)25(41-31(34)32-18)17-22-14-15-23(39-22)19-10-12-20(13-11-19)30(37)38-2/h3-17,27H,1-2H3,(H,33,35)/b25-17-. The molecule has 204 valence electrons. The molecule has 1 atom stereocenters. The van der Waals surface area contributed by atoms with Crippen LogP contribution in [0, 0.1) is 0 Å². The number of fused-ring (bicyclic) bond motifs is 1. The molecule has 6 rings (SSSR count). The number of carbonyl (C=O) groups excluding carboxylic acids is 2. The Hall–Kier alpha value is -4.80. The number of thiophene rings is 1. The number of allylic oxidation sites excluding steroid dienone is 1. The molecule has 0 bridgehead atoms. The van der Waals surface area contributed by atoms with Crippen LogP contribution in [0.15, 0.2) is 110 Å². The van der Waals surface area contributed by atoms with Crippen LogP contribution < -0.4 is 20.2 Å². The molecule has 2 aromatic carbocycles. The van der Waals surface area contributed by atoms with E-state index < -0.39 is 12.0 Å². The highest BCUT2D eigenvalue weighted by Gasteiger charge is 2.33. The lowest BCUT2D eigenvalue weighted by Gasteiger charge is -2.24. The fraction of sp³-hybridized carbons (Fsp3) is 0.0968. The van der Waals surface area contributed by atoms with Gasteiger partial charge in [0, 0.05) is 22.2 Å². The Bertz CT molecular complexity index is 1970. The molecule has 0 aliphatic carbocycles. The van der Waals surface area contributed by atoms with Crippen molar-refractivity contribution < 1.29 is 18.7 Å². The topological polar surface area (TPSA) is 103 Å². The fourth-order valence-corrected chi connectivity index (χ4v) is 6.50. The molecule has 4 heterocycles. The monoisotopic (exact) mass is 581 g/mol. The number of esters is 1. The highest BCUT2D eigenvalue weighted by Crippen LogP contribution is 2.33. The molecule has 0 fully saturated rings. The third kappa shape index (κ3) is 5.10. The van der Waals surface area contributed by atoms with Gasteiger partial charge in [0.25, 0.3) is 11.5 Å². The van der Waals surface area contributed by atoms with E-state index in [0.29, 0.717) is 43.4 Å². The van der Waals surface area contributed by atoms with Gasteiger partial charge in [-0.15, -0.1) is 11.3 Å². The minimum atomic E-state index is -0.613. The summed E-state index contributed by atoms with van der Waals surface area (Å²) in [5.41, 5.74) is 2.60. The first kappa shape index (κ1) is 26.4. The average Bonchev–Trinajstić information content (AvgIpc) is 3.74. The van der Waals surface area contributed by atoms with Gasteiger partial charge in [0.05, 0.1) is 28.5 Å². The van der Waals surface area contributed by atoms with Gasteiger partial charge in [-0.3, -0.25) is 14.2 Å². The molecule has 1 unspecified atom stereocenters. The minimum absolute atomic E-state index is 0.259. The first-order chi connectivity index (χ1) is 19.9. The number of carbonyl (C=O) groups is 2. The van der Waals surface area contributed by atoms with Crippen molar-refractivity contribution >= 4 is 46.3 Å². The fourth-order valence-electron chi connectivity index (χ4n) is 4.65. The molecule has 3 aromatic heterocycles. The van der Waals surface area contributed by atoms with Crippen LogP contribution in [0.2, 0.25) is 0 Å². The summed E-state index contributed by atoms with van der Waals surface area (Å²) in [7, 11) is 1.34. The van der Waals surface area contributed by atoms with Crippen LogP contribution in [0.1, 0.15) is 34.0 Å². The lowest BCUT2D eigenvalue weighted by molar-refractivity contribution is -0.113. The molecule has 0 saturated carbocycles. The zero-order valence-electron chi connectivity index (χ0n) is 22.0. The zero-order chi connectivity index (χ0) is 28.5. The number of amides is 1. The molecule has 10 heteroatoms. The number of hydrogen-bond donors (Lipinski definition) is 1. The molecular weight excluding hydrogens is 558 g/mol. The van der Waals surface area contributed by atoms with Gasteiger partial charge in [-0.05, 0) is 54.8 Å². The maximum atomic E-state index is 13.8. The van der Waals surface area contributed by atoms with Crippen molar-refractivity contribution in [2.75, 3.05) is 12.4 Å². The van der Waals surface area contributed by atoms with Crippen LogP contribution in [0.5, 0.6) is 0 Å². The van der Waals surface area contributed by atoms with Gasteiger partial charge >= 0.3 is 5.97 Å². The van der Waals surface area contributed by atoms with Crippen LogP contribution in [-0.2, 0) is 9.53 Å². The Labute approximate surface area is 242 Å². The van der Waals surface area contributed by atoms with Gasteiger partial charge < -0.3 is 14.5 Å². The first-order valence-electron chi connectivity index (χ1n) is 12.6. The maximum Gasteiger partial charge on any atom is 0.337 e. The van der Waals surface area contributed by atoms with E-state index in [9.17, 15) is 14.4 Å². The van der Waals surface area contributed by atoms with E-state index in [2.05, 4.69) is 10.3 Å². The van der Waals surface area contributed by atoms with Crippen molar-refractivity contribution in [3.63, 3.8) is 0 Å². The molecule has 5 aromatic rings. The third-order valence-corrected chi connectivity index (χ3v) is 8.51. The summed E-state index contributed by atoms with van der Waals surface area (Å²) in [5, 5.41) is 4.88. The molecule has 0 spiro atoms. The summed E-state index contributed by atoms with van der Waals surface area (Å²) in [6.45, 7) is 1.79. The third-order valence-electron chi connectivity index (χ3n) is 6.60. The van der Waals surface area contributed by atoms with Crippen molar-refractivity contribution in [1.82, 2.24) is 4.57 Å². The number of rotatable bonds is 6. The minimum Gasteiger partial charge on any atom is -0.465 e. The predicted octanol–water partition coefficient (Wildman–Crippen LogP) is 4.98. The molecular formula is C31H23N3O5S2. The summed E-state index contributed by atoms with van der Waals surface area (Å²) < 4.78 is 12.8. The Morgan fingerprint density at radius 3 is 2.51 bits per heavy atom. The maximum absolute atomic E-state index is 13.8. The van der Waals surface area contributed by atoms with Gasteiger partial charge in [0.1, 0.15) is 17.6 Å². The summed E-state index contributed by atoms with van der Waals surface area (Å²) in [5.74, 6) is 0.364. The second kappa shape index (κ2) is 11.0. The number of benzene rings is 2. The van der Waals surface area contributed by atoms with E-state index in [0.717, 1.165) is 10.4 Å². The quantitative estimate of drug-likeness (QED) is 0.285. The Morgan fingerprint density at radius 2 is 1.80 bits per heavy atom. The number of hydrogen-bond acceptors (Lipinski definition) is 8. The largest absolute Gasteiger partial charge is 0.465 e. The smallest absolute Gasteiger partial charge is 0.337 e. The highest BCUT2D eigenvalue weighted by molar-refractivity contribution is 7.10. The van der Waals surface area contributed by atoms with Gasteiger partial charge in [-0.1, -0.05) is 47.7 Å². The number of anilines is 1. The summed E-state index contributed by atoms with van der Waals surface area (Å²) in [4.78, 5) is 45.1. The lowest BCUT2D eigenvalue weighted by Crippen LogP contribution is -2.40. The number of thiazole rings is 1. The molecule has 1 aliphatic rings. The SMILES string of the molecule is COC(=O)c1ccc(-c2ccc(/C=c3\sc4n(c3=O)C(c3cccs3)C(C(=O)Nc3ccccc3)=C(C)N=4)o2)cc1. The average molecular weight is 582 g/mol. The van der Waals surface area contributed by atoms with Crippen LogP contribution in [0.25, 0.3) is 17.4 Å². The number of aromatic nitrogens is 1. The molecule has 0 saturated heterocycles. The number of methoxy groups -OCH3 is 1. The van der Waals surface area contributed by atoms with Crippen molar-refractivity contribution in [3.05, 3.63) is 131 Å². The van der Waals surface area contributed by atoms with Gasteiger partial charge in [-0.25, -0.2) is 9.79 Å². The predicted molar refractivity (Wildman–Crippen MR) is 159 cm³/mol. The van der Waals surface area contributed by atoms with E-state index in [1.54, 1.807) is 54.0 Å². The molecule has 1 aliphatic heterocycles. The van der Waals surface area contributed by atoms with Gasteiger partial charge in [0.2, 0.25) is 0 Å². The van der Waals surface area contributed by atoms with Crippen molar-refractivity contribution in [3.8, 4) is 11.3 Å². The first-order valence-corrected chi connectivity index (χ1v) is 14.3. The van der Waals surface area contributed by atoms with E-state index in [-0.39, 0.29) is 11.5 Å². The van der Waals surface area contributed by atoms with Gasteiger partial charge in [-0.2, -0.15) is 0 Å². The Balaban J connectivity index is 1.37. The van der Waals surface area contributed by atoms with Crippen molar-refractivity contribution in [2.24, 2.45) is 4.99 Å². The number of nitrogens with zero attached hydrogens (tertiary/aromatic N) is 2.